The summed E-state index contributed by atoms with van der Waals surface area (Å²) in [5, 5.41) is 2.55. The number of carbonyl (C=O) groups excluding carboxylic acids is 5. The zero-order chi connectivity index (χ0) is 39.2. The van der Waals surface area contributed by atoms with E-state index >= 15 is 0 Å². The second-order valence-corrected chi connectivity index (χ2v) is 16.1. The highest BCUT2D eigenvalue weighted by Crippen LogP contribution is 2.61. The Labute approximate surface area is 323 Å². The molecule has 0 radical (unpaired) electrons. The number of imide groups is 2. The van der Waals surface area contributed by atoms with E-state index in [1.807, 2.05) is 0 Å². The molecule has 7 rings (SSSR count). The number of amides is 4. The summed E-state index contributed by atoms with van der Waals surface area (Å²) in [7, 11) is 0. The summed E-state index contributed by atoms with van der Waals surface area (Å²) >= 11 is 6.24. The number of hydrogen-bond acceptors (Lipinski definition) is 11. The van der Waals surface area contributed by atoms with Gasteiger partial charge >= 0.3 is 0 Å². The molecule has 2 saturated heterocycles. The van der Waals surface area contributed by atoms with E-state index in [0.717, 1.165) is 18.0 Å². The van der Waals surface area contributed by atoms with Crippen molar-refractivity contribution in [2.45, 2.75) is 59.1 Å². The van der Waals surface area contributed by atoms with Gasteiger partial charge in [-0.2, -0.15) is 0 Å². The van der Waals surface area contributed by atoms with Crippen molar-refractivity contribution in [1.82, 2.24) is 25.1 Å². The first-order valence-corrected chi connectivity index (χ1v) is 18.7. The average Bonchev–Trinajstić information content (AvgIpc) is 3.41. The van der Waals surface area contributed by atoms with E-state index in [1.165, 1.54) is 12.1 Å². The monoisotopic (exact) mass is 767 g/mol. The number of carbonyl (C=O) groups is 5. The van der Waals surface area contributed by atoms with Crippen LogP contribution in [0.5, 0.6) is 11.5 Å². The summed E-state index contributed by atoms with van der Waals surface area (Å²) in [6, 6.07) is 8.76. The van der Waals surface area contributed by atoms with E-state index in [1.54, 1.807) is 36.7 Å². The Hall–Kier alpha value is -5.39. The summed E-state index contributed by atoms with van der Waals surface area (Å²) < 4.78 is 12.3. The molecule has 1 aromatic heterocycles. The number of nitrogens with one attached hydrogen (secondary N) is 1. The maximum atomic E-state index is 13.5. The highest BCUT2D eigenvalue weighted by Gasteiger charge is 2.63. The van der Waals surface area contributed by atoms with E-state index in [9.17, 15) is 24.0 Å². The molecule has 0 bridgehead atoms. The summed E-state index contributed by atoms with van der Waals surface area (Å²) in [6.45, 7) is 19.5. The minimum atomic E-state index is -1.02. The average molecular weight is 768 g/mol. The Morgan fingerprint density at radius 3 is 2.27 bits per heavy atom. The molecule has 1 N–H and O–H groups in total. The normalized spacial score (nSPS) is 23.1. The van der Waals surface area contributed by atoms with Gasteiger partial charge in [-0.25, -0.2) is 14.8 Å². The van der Waals surface area contributed by atoms with Crippen molar-refractivity contribution < 1.29 is 33.4 Å². The standard InChI is InChI=1S/C40H42ClN7O7/c1-39(2)32(40(3,4)37(39)55-25-7-9-29(42-5)28(41)19-25)20-31(49)23-21-43-38(44-22-23)47-14-12-46(13-15-47)16-17-54-24-6-8-26-27(18-24)36(53)48(35(26)52)30-10-11-33(50)45-34(30)51/h6-9,18-19,21-22,30,32,37H,10-17,20H2,1-4H3,(H,45,50,51). The third kappa shape index (κ3) is 7.14. The number of aromatic nitrogens is 2. The van der Waals surface area contributed by atoms with Gasteiger partial charge < -0.3 is 14.4 Å². The van der Waals surface area contributed by atoms with Crippen LogP contribution in [-0.4, -0.2) is 101 Å². The molecule has 286 valence electrons. The SMILES string of the molecule is [C-]#[N+]c1ccc(OC2C(C)(C)C(CC(=O)c3cnc(N4CCN(CCOc5ccc6c(c5)C(=O)N(C5CCC(=O)NC5=O)C6=O)CC4)nc3)C2(C)C)cc1Cl. The van der Waals surface area contributed by atoms with Crippen LogP contribution in [0.25, 0.3) is 4.85 Å². The first kappa shape index (κ1) is 37.9. The van der Waals surface area contributed by atoms with Gasteiger partial charge in [-0.3, -0.25) is 39.1 Å². The number of halogens is 1. The number of piperazine rings is 1. The molecule has 4 amide bonds. The van der Waals surface area contributed by atoms with Crippen LogP contribution in [0, 0.1) is 23.3 Å². The molecule has 3 fully saturated rings. The molecular weight excluding hydrogens is 726 g/mol. The Kier molecular flexibility index (Phi) is 10.1. The van der Waals surface area contributed by atoms with Crippen LogP contribution < -0.4 is 19.7 Å². The maximum Gasteiger partial charge on any atom is 0.262 e. The van der Waals surface area contributed by atoms with E-state index in [-0.39, 0.29) is 52.6 Å². The second-order valence-electron chi connectivity index (χ2n) is 15.6. The van der Waals surface area contributed by atoms with Crippen molar-refractivity contribution in [1.29, 1.82) is 0 Å². The maximum absolute atomic E-state index is 13.5. The largest absolute Gasteiger partial charge is 0.492 e. The smallest absolute Gasteiger partial charge is 0.262 e. The zero-order valence-corrected chi connectivity index (χ0v) is 31.9. The van der Waals surface area contributed by atoms with E-state index in [2.05, 4.69) is 57.6 Å². The molecule has 3 aromatic rings. The van der Waals surface area contributed by atoms with Gasteiger partial charge in [0.25, 0.3) is 11.8 Å². The number of piperidine rings is 1. The Bertz CT molecular complexity index is 2090. The summed E-state index contributed by atoms with van der Waals surface area (Å²) in [4.78, 5) is 81.2. The second kappa shape index (κ2) is 14.7. The lowest BCUT2D eigenvalue weighted by Crippen LogP contribution is -2.66. The molecule has 2 aromatic carbocycles. The van der Waals surface area contributed by atoms with Gasteiger partial charge in [-0.1, -0.05) is 45.4 Å². The molecule has 15 heteroatoms. The van der Waals surface area contributed by atoms with Gasteiger partial charge in [0, 0.05) is 68.8 Å². The lowest BCUT2D eigenvalue weighted by Gasteiger charge is -2.63. The van der Waals surface area contributed by atoms with Gasteiger partial charge in [0.1, 0.15) is 30.3 Å². The first-order valence-electron chi connectivity index (χ1n) is 18.3. The Morgan fingerprint density at radius 1 is 0.945 bits per heavy atom. The molecule has 1 aliphatic carbocycles. The summed E-state index contributed by atoms with van der Waals surface area (Å²) in [6.07, 6.45) is 3.55. The number of anilines is 1. The zero-order valence-electron chi connectivity index (χ0n) is 31.1. The van der Waals surface area contributed by atoms with Crippen LogP contribution in [0.3, 0.4) is 0 Å². The van der Waals surface area contributed by atoms with Crippen molar-refractivity contribution in [3.05, 3.63) is 81.9 Å². The minimum Gasteiger partial charge on any atom is -0.492 e. The lowest BCUT2D eigenvalue weighted by atomic mass is 9.44. The van der Waals surface area contributed by atoms with Gasteiger partial charge in [-0.05, 0) is 42.7 Å². The van der Waals surface area contributed by atoms with Crippen LogP contribution in [0.2, 0.25) is 5.02 Å². The van der Waals surface area contributed by atoms with Crippen molar-refractivity contribution >= 4 is 52.6 Å². The third-order valence-electron chi connectivity index (χ3n) is 11.5. The molecule has 55 heavy (non-hydrogen) atoms. The molecule has 1 saturated carbocycles. The van der Waals surface area contributed by atoms with E-state index < -0.39 is 29.7 Å². The highest BCUT2D eigenvalue weighted by atomic mass is 35.5. The van der Waals surface area contributed by atoms with Crippen molar-refractivity contribution in [3.8, 4) is 11.5 Å². The van der Waals surface area contributed by atoms with E-state index in [4.69, 9.17) is 27.6 Å². The molecule has 0 spiro atoms. The molecule has 14 nitrogen and oxygen atoms in total. The molecule has 1 atom stereocenters. The van der Waals surface area contributed by atoms with Crippen LogP contribution in [0.15, 0.2) is 48.8 Å². The topological polar surface area (TPSA) is 156 Å². The summed E-state index contributed by atoms with van der Waals surface area (Å²) in [5.74, 6) is -0.554. The van der Waals surface area contributed by atoms with Gasteiger partial charge in [0.05, 0.1) is 28.3 Å². The Balaban J connectivity index is 0.869. The quantitative estimate of drug-likeness (QED) is 0.160. The van der Waals surface area contributed by atoms with Crippen molar-refractivity contribution in [2.75, 3.05) is 44.2 Å². The first-order chi connectivity index (χ1) is 26.2. The van der Waals surface area contributed by atoms with Crippen molar-refractivity contribution in [3.63, 3.8) is 0 Å². The predicted molar refractivity (Wildman–Crippen MR) is 201 cm³/mol. The number of ether oxygens (including phenoxy) is 2. The predicted octanol–water partition coefficient (Wildman–Crippen LogP) is 4.99. The number of hydrogen-bond donors (Lipinski definition) is 1. The van der Waals surface area contributed by atoms with Crippen LogP contribution >= 0.6 is 11.6 Å². The molecule has 1 unspecified atom stereocenters. The number of Topliss-reactive ketones (excluding diaryl/α,β-unsaturated/α-hetero) is 1. The number of ketones is 1. The minimum absolute atomic E-state index is 0.0172. The van der Waals surface area contributed by atoms with Gasteiger partial charge in [0.15, 0.2) is 5.78 Å². The fourth-order valence-electron chi connectivity index (χ4n) is 8.74. The molecule has 3 aliphatic heterocycles. The van der Waals surface area contributed by atoms with E-state index in [0.29, 0.717) is 66.4 Å². The highest BCUT2D eigenvalue weighted by molar-refractivity contribution is 6.33. The molecular formula is C40H42ClN7O7. The third-order valence-corrected chi connectivity index (χ3v) is 11.8. The van der Waals surface area contributed by atoms with Crippen LogP contribution in [0.1, 0.15) is 78.0 Å². The fraction of sp³-hybridized carbons (Fsp3) is 0.450. The van der Waals surface area contributed by atoms with Gasteiger partial charge in [-0.15, -0.1) is 0 Å². The summed E-state index contributed by atoms with van der Waals surface area (Å²) in [5.41, 5.74) is 0.640. The molecule has 4 aliphatic rings. The van der Waals surface area contributed by atoms with Crippen LogP contribution in [-0.2, 0) is 9.59 Å². The lowest BCUT2D eigenvalue weighted by molar-refractivity contribution is -0.196. The van der Waals surface area contributed by atoms with Crippen molar-refractivity contribution in [2.24, 2.45) is 16.7 Å². The number of fused-ring (bicyclic) bond motifs is 1. The Morgan fingerprint density at radius 2 is 1.62 bits per heavy atom. The fourth-order valence-corrected chi connectivity index (χ4v) is 8.95. The van der Waals surface area contributed by atoms with Crippen LogP contribution in [0.4, 0.5) is 11.6 Å². The number of benzene rings is 2. The number of nitrogens with zero attached hydrogens (tertiary/aromatic N) is 6. The molecule has 4 heterocycles. The van der Waals surface area contributed by atoms with Gasteiger partial charge in [0.2, 0.25) is 23.5 Å². The number of rotatable bonds is 11.